The van der Waals surface area contributed by atoms with Gasteiger partial charge in [0.15, 0.2) is 5.96 Å². The first kappa shape index (κ1) is 12.7. The maximum absolute atomic E-state index is 6.13. The summed E-state index contributed by atoms with van der Waals surface area (Å²) in [6, 6.07) is 5.91. The lowest BCUT2D eigenvalue weighted by atomic mass is 10.1. The van der Waals surface area contributed by atoms with Gasteiger partial charge in [0.25, 0.3) is 0 Å². The van der Waals surface area contributed by atoms with Crippen LogP contribution in [0.1, 0.15) is 12.0 Å². The fraction of sp³-hybridized carbons (Fsp3) is 0.417. The molecule has 2 N–H and O–H groups in total. The Balaban J connectivity index is 1.89. The Morgan fingerprint density at radius 3 is 2.82 bits per heavy atom. The molecule has 1 aliphatic rings. The molecule has 1 aromatic rings. The smallest absolute Gasteiger partial charge is 0.191 e. The van der Waals surface area contributed by atoms with Crippen molar-refractivity contribution in [1.82, 2.24) is 4.90 Å². The van der Waals surface area contributed by atoms with Gasteiger partial charge in [0.05, 0.1) is 0 Å². The van der Waals surface area contributed by atoms with Crippen LogP contribution in [0.4, 0.5) is 0 Å². The number of aliphatic imine (C=N–C) groups is 1. The molecule has 1 heterocycles. The Bertz CT molecular complexity index is 430. The number of benzene rings is 1. The Labute approximate surface area is 115 Å². The maximum Gasteiger partial charge on any atom is 0.191 e. The highest BCUT2D eigenvalue weighted by Gasteiger charge is 2.15. The zero-order valence-electron chi connectivity index (χ0n) is 9.50. The lowest BCUT2D eigenvalue weighted by Gasteiger charge is -2.31. The summed E-state index contributed by atoms with van der Waals surface area (Å²) >= 11 is 9.51. The Hall–Kier alpha value is -0.740. The van der Waals surface area contributed by atoms with Gasteiger partial charge < -0.3 is 10.6 Å². The van der Waals surface area contributed by atoms with Gasteiger partial charge in [-0.1, -0.05) is 33.6 Å². The third-order valence-corrected chi connectivity index (χ3v) is 3.70. The van der Waals surface area contributed by atoms with Crippen LogP contribution >= 0.6 is 27.5 Å². The van der Waals surface area contributed by atoms with Crippen LogP contribution in [0.2, 0.25) is 5.02 Å². The number of hydrogen-bond acceptors (Lipinski definition) is 1. The molecule has 17 heavy (non-hydrogen) atoms. The molecule has 0 bridgehead atoms. The van der Waals surface area contributed by atoms with Crippen LogP contribution in [0.3, 0.4) is 0 Å². The van der Waals surface area contributed by atoms with E-state index in [4.69, 9.17) is 17.3 Å². The lowest BCUT2D eigenvalue weighted by molar-refractivity contribution is 0.296. The van der Waals surface area contributed by atoms with Gasteiger partial charge in [-0.25, -0.2) is 0 Å². The maximum atomic E-state index is 6.13. The number of halogens is 2. The van der Waals surface area contributed by atoms with E-state index in [0.29, 0.717) is 12.5 Å². The first-order valence-corrected chi connectivity index (χ1v) is 6.83. The Morgan fingerprint density at radius 2 is 2.24 bits per heavy atom. The van der Waals surface area contributed by atoms with Gasteiger partial charge >= 0.3 is 0 Å². The normalized spacial score (nSPS) is 15.9. The first-order chi connectivity index (χ1) is 8.16. The van der Waals surface area contributed by atoms with E-state index in [1.165, 1.54) is 6.42 Å². The van der Waals surface area contributed by atoms with Gasteiger partial charge in [0.1, 0.15) is 0 Å². The topological polar surface area (TPSA) is 41.6 Å². The Morgan fingerprint density at radius 1 is 1.47 bits per heavy atom. The molecule has 0 radical (unpaired) electrons. The van der Waals surface area contributed by atoms with Gasteiger partial charge in [0, 0.05) is 29.1 Å². The van der Waals surface area contributed by atoms with Crippen molar-refractivity contribution < 1.29 is 0 Å². The van der Waals surface area contributed by atoms with Gasteiger partial charge in [0.2, 0.25) is 0 Å². The fourth-order valence-electron chi connectivity index (χ4n) is 1.66. The number of likely N-dealkylation sites (tertiary alicyclic amines) is 1. The fourth-order valence-corrected chi connectivity index (χ4v) is 2.43. The number of guanidine groups is 1. The average molecular weight is 317 g/mol. The summed E-state index contributed by atoms with van der Waals surface area (Å²) in [5.41, 5.74) is 6.95. The molecular weight excluding hydrogens is 302 g/mol. The van der Waals surface area contributed by atoms with Crippen molar-refractivity contribution in [2.24, 2.45) is 10.7 Å². The van der Waals surface area contributed by atoms with Crippen LogP contribution in [0.25, 0.3) is 0 Å². The molecule has 3 nitrogen and oxygen atoms in total. The summed E-state index contributed by atoms with van der Waals surface area (Å²) < 4.78 is 0.995. The molecule has 1 saturated heterocycles. The van der Waals surface area contributed by atoms with E-state index in [0.717, 1.165) is 34.6 Å². The van der Waals surface area contributed by atoms with Crippen LogP contribution < -0.4 is 5.73 Å². The molecule has 1 aromatic carbocycles. The molecule has 0 unspecified atom stereocenters. The van der Waals surface area contributed by atoms with Crippen molar-refractivity contribution in [1.29, 1.82) is 0 Å². The summed E-state index contributed by atoms with van der Waals surface area (Å²) in [6.07, 6.45) is 2.04. The molecule has 0 aromatic heterocycles. The van der Waals surface area contributed by atoms with Crippen molar-refractivity contribution in [2.75, 3.05) is 19.6 Å². The highest BCUT2D eigenvalue weighted by Crippen LogP contribution is 2.21. The third kappa shape index (κ3) is 3.36. The quantitative estimate of drug-likeness (QED) is 0.688. The van der Waals surface area contributed by atoms with Gasteiger partial charge in [-0.2, -0.15) is 0 Å². The molecule has 1 aliphatic heterocycles. The first-order valence-electron chi connectivity index (χ1n) is 5.65. The van der Waals surface area contributed by atoms with Crippen molar-refractivity contribution in [2.45, 2.75) is 12.8 Å². The monoisotopic (exact) mass is 315 g/mol. The minimum Gasteiger partial charge on any atom is -0.370 e. The molecule has 5 heteroatoms. The van der Waals surface area contributed by atoms with Gasteiger partial charge in [-0.15, -0.1) is 0 Å². The van der Waals surface area contributed by atoms with E-state index in [2.05, 4.69) is 25.8 Å². The van der Waals surface area contributed by atoms with E-state index in [1.807, 2.05) is 18.2 Å². The van der Waals surface area contributed by atoms with Crippen molar-refractivity contribution in [3.05, 3.63) is 33.3 Å². The molecule has 0 aliphatic carbocycles. The summed E-state index contributed by atoms with van der Waals surface area (Å²) in [5.74, 6) is 0.657. The summed E-state index contributed by atoms with van der Waals surface area (Å²) in [6.45, 7) is 2.76. The molecule has 0 spiro atoms. The average Bonchev–Trinajstić information content (AvgIpc) is 2.18. The number of rotatable bonds is 3. The third-order valence-electron chi connectivity index (χ3n) is 2.85. The van der Waals surface area contributed by atoms with Crippen LogP contribution in [0.5, 0.6) is 0 Å². The second kappa shape index (κ2) is 5.74. The molecule has 0 atom stereocenters. The highest BCUT2D eigenvalue weighted by molar-refractivity contribution is 9.10. The number of nitrogens with two attached hydrogens (primary N) is 1. The zero-order chi connectivity index (χ0) is 12.3. The minimum atomic E-state index is 0.657. The molecule has 0 saturated carbocycles. The van der Waals surface area contributed by atoms with Crippen molar-refractivity contribution in [3.63, 3.8) is 0 Å². The van der Waals surface area contributed by atoms with E-state index >= 15 is 0 Å². The zero-order valence-corrected chi connectivity index (χ0v) is 11.8. The Kier molecular flexibility index (Phi) is 4.29. The van der Waals surface area contributed by atoms with E-state index in [1.54, 1.807) is 0 Å². The lowest BCUT2D eigenvalue weighted by Crippen LogP contribution is -2.46. The standard InChI is InChI=1S/C12H15BrClN3/c13-10-3-2-9(11(14)8-10)4-5-16-12(15)17-6-1-7-17/h2-3,8H,1,4-7H2,(H2,15,16). The predicted octanol–water partition coefficient (Wildman–Crippen LogP) is 2.67. The van der Waals surface area contributed by atoms with Crippen molar-refractivity contribution in [3.8, 4) is 0 Å². The predicted molar refractivity (Wildman–Crippen MR) is 75.5 cm³/mol. The highest BCUT2D eigenvalue weighted by atomic mass is 79.9. The molecular formula is C12H15BrClN3. The van der Waals surface area contributed by atoms with Crippen LogP contribution in [0.15, 0.2) is 27.7 Å². The SMILES string of the molecule is NC(=NCCc1ccc(Br)cc1Cl)N1CCC1. The van der Waals surface area contributed by atoms with Crippen LogP contribution in [0, 0.1) is 0 Å². The van der Waals surface area contributed by atoms with Crippen molar-refractivity contribution >= 4 is 33.5 Å². The largest absolute Gasteiger partial charge is 0.370 e. The molecule has 1 fully saturated rings. The summed E-state index contributed by atoms with van der Waals surface area (Å²) in [4.78, 5) is 6.44. The van der Waals surface area contributed by atoms with E-state index in [-0.39, 0.29) is 0 Å². The number of hydrogen-bond donors (Lipinski definition) is 1. The van der Waals surface area contributed by atoms with E-state index < -0.39 is 0 Å². The number of nitrogens with zero attached hydrogens (tertiary/aromatic N) is 2. The van der Waals surface area contributed by atoms with Crippen LogP contribution in [-0.2, 0) is 6.42 Å². The summed E-state index contributed by atoms with van der Waals surface area (Å²) in [7, 11) is 0. The molecule has 0 amide bonds. The van der Waals surface area contributed by atoms with Gasteiger partial charge in [-0.3, -0.25) is 4.99 Å². The minimum absolute atomic E-state index is 0.657. The molecule has 92 valence electrons. The van der Waals surface area contributed by atoms with Crippen LogP contribution in [-0.4, -0.2) is 30.5 Å². The van der Waals surface area contributed by atoms with E-state index in [9.17, 15) is 0 Å². The summed E-state index contributed by atoms with van der Waals surface area (Å²) in [5, 5.41) is 0.775. The second-order valence-corrected chi connectivity index (χ2v) is 5.39. The van der Waals surface area contributed by atoms with Gasteiger partial charge in [-0.05, 0) is 30.5 Å². The second-order valence-electron chi connectivity index (χ2n) is 4.07. The molecule has 2 rings (SSSR count).